The minimum atomic E-state index is 0.0392. The highest BCUT2D eigenvalue weighted by Gasteiger charge is 2.15. The summed E-state index contributed by atoms with van der Waals surface area (Å²) in [6.07, 6.45) is 5.60. The fourth-order valence-corrected chi connectivity index (χ4v) is 3.31. The number of aromatic nitrogens is 4. The molecule has 7 heteroatoms. The predicted molar refractivity (Wildman–Crippen MR) is 101 cm³/mol. The molecule has 2 rings (SSSR count). The molecule has 0 radical (unpaired) electrons. The van der Waals surface area contributed by atoms with Gasteiger partial charge in [0.25, 0.3) is 0 Å². The van der Waals surface area contributed by atoms with Crippen molar-refractivity contribution in [2.45, 2.75) is 58.3 Å². The van der Waals surface area contributed by atoms with Gasteiger partial charge in [0.2, 0.25) is 5.91 Å². The van der Waals surface area contributed by atoms with Gasteiger partial charge in [-0.15, -0.1) is 10.2 Å². The summed E-state index contributed by atoms with van der Waals surface area (Å²) in [6.45, 7) is 9.25. The van der Waals surface area contributed by atoms with Crippen LogP contribution in [0.25, 0.3) is 11.4 Å². The third-order valence-corrected chi connectivity index (χ3v) is 4.86. The molecule has 0 aliphatic carbocycles. The maximum atomic E-state index is 12.2. The number of amides is 1. The van der Waals surface area contributed by atoms with Crippen LogP contribution in [0.1, 0.15) is 40.5 Å². The van der Waals surface area contributed by atoms with E-state index in [0.717, 1.165) is 35.9 Å². The van der Waals surface area contributed by atoms with Crippen LogP contribution in [0.3, 0.4) is 0 Å². The molecule has 0 unspecified atom stereocenters. The summed E-state index contributed by atoms with van der Waals surface area (Å²) < 4.78 is 2.02. The number of hydrogen-bond acceptors (Lipinski definition) is 5. The molecule has 0 aliphatic rings. The van der Waals surface area contributed by atoms with Crippen molar-refractivity contribution in [1.82, 2.24) is 25.1 Å². The van der Waals surface area contributed by atoms with Crippen LogP contribution in [0.2, 0.25) is 0 Å². The molecule has 0 saturated carbocycles. The summed E-state index contributed by atoms with van der Waals surface area (Å²) in [5.74, 6) is 1.85. The summed E-state index contributed by atoms with van der Waals surface area (Å²) in [7, 11) is 0. The second kappa shape index (κ2) is 9.56. The largest absolute Gasteiger partial charge is 0.353 e. The van der Waals surface area contributed by atoms with Gasteiger partial charge in [-0.25, -0.2) is 0 Å². The normalized spacial score (nSPS) is 12.4. The molecular formula is C18H27N5OS. The molecule has 2 heterocycles. The molecule has 0 aliphatic heterocycles. The third kappa shape index (κ3) is 5.85. The Bertz CT molecular complexity index is 671. The number of nitrogens with zero attached hydrogens (tertiary/aromatic N) is 4. The molecular weight excluding hydrogens is 334 g/mol. The van der Waals surface area contributed by atoms with Crippen LogP contribution in [0, 0.1) is 5.92 Å². The minimum absolute atomic E-state index is 0.0392. The molecule has 0 fully saturated rings. The van der Waals surface area contributed by atoms with E-state index in [-0.39, 0.29) is 11.9 Å². The average molecular weight is 362 g/mol. The Balaban J connectivity index is 1.93. The molecule has 1 atom stereocenters. The Labute approximate surface area is 153 Å². The molecule has 0 aromatic carbocycles. The van der Waals surface area contributed by atoms with Gasteiger partial charge < -0.3 is 9.88 Å². The number of carbonyl (C=O) groups excluding carboxylic acids is 1. The highest BCUT2D eigenvalue weighted by molar-refractivity contribution is 7.99. The van der Waals surface area contributed by atoms with E-state index in [9.17, 15) is 4.79 Å². The monoisotopic (exact) mass is 361 g/mol. The van der Waals surface area contributed by atoms with E-state index >= 15 is 0 Å². The van der Waals surface area contributed by atoms with Crippen molar-refractivity contribution in [2.24, 2.45) is 5.92 Å². The van der Waals surface area contributed by atoms with Crippen LogP contribution in [-0.4, -0.2) is 37.5 Å². The number of thioether (sulfide) groups is 1. The fourth-order valence-electron chi connectivity index (χ4n) is 2.50. The van der Waals surface area contributed by atoms with Gasteiger partial charge in [0.1, 0.15) is 0 Å². The van der Waals surface area contributed by atoms with Gasteiger partial charge >= 0.3 is 0 Å². The quantitative estimate of drug-likeness (QED) is 0.693. The van der Waals surface area contributed by atoms with E-state index in [1.807, 2.05) is 23.6 Å². The lowest BCUT2D eigenvalue weighted by atomic mass is 10.0. The van der Waals surface area contributed by atoms with Crippen molar-refractivity contribution in [3.8, 4) is 11.4 Å². The van der Waals surface area contributed by atoms with E-state index in [1.165, 1.54) is 11.8 Å². The van der Waals surface area contributed by atoms with E-state index in [1.54, 1.807) is 12.4 Å². The van der Waals surface area contributed by atoms with Gasteiger partial charge in [-0.05, 0) is 44.7 Å². The van der Waals surface area contributed by atoms with Crippen molar-refractivity contribution in [2.75, 3.05) is 5.75 Å². The molecule has 2 aromatic rings. The van der Waals surface area contributed by atoms with Gasteiger partial charge in [-0.3, -0.25) is 9.78 Å². The maximum Gasteiger partial charge on any atom is 0.230 e. The summed E-state index contributed by atoms with van der Waals surface area (Å²) in [6, 6.07) is 4.02. The SMILES string of the molecule is CCn1c(SCC(=O)N[C@H](C)CCC(C)C)nnc1-c1ccncc1. The minimum Gasteiger partial charge on any atom is -0.353 e. The first-order valence-corrected chi connectivity index (χ1v) is 9.75. The lowest BCUT2D eigenvalue weighted by Crippen LogP contribution is -2.34. The molecule has 0 saturated heterocycles. The summed E-state index contributed by atoms with van der Waals surface area (Å²) in [4.78, 5) is 16.2. The number of carbonyl (C=O) groups is 1. The second-order valence-corrected chi connectivity index (χ2v) is 7.46. The van der Waals surface area contributed by atoms with Crippen LogP contribution in [0.5, 0.6) is 0 Å². The number of pyridine rings is 1. The second-order valence-electron chi connectivity index (χ2n) is 6.51. The highest BCUT2D eigenvalue weighted by Crippen LogP contribution is 2.23. The Morgan fingerprint density at radius 1 is 1.20 bits per heavy atom. The Morgan fingerprint density at radius 3 is 2.56 bits per heavy atom. The van der Waals surface area contributed by atoms with Crippen LogP contribution in [0.15, 0.2) is 29.7 Å². The molecule has 2 aromatic heterocycles. The Morgan fingerprint density at radius 2 is 1.92 bits per heavy atom. The molecule has 0 bridgehead atoms. The first kappa shape index (κ1) is 19.4. The van der Waals surface area contributed by atoms with Crippen LogP contribution >= 0.6 is 11.8 Å². The standard InChI is InChI=1S/C18H27N5OS/c1-5-23-17(15-8-10-19-11-9-15)21-22-18(23)25-12-16(24)20-14(4)7-6-13(2)3/h8-11,13-14H,5-7,12H2,1-4H3,(H,20,24)/t14-/m1/s1. The summed E-state index contributed by atoms with van der Waals surface area (Å²) in [5.41, 5.74) is 0.975. The van der Waals surface area contributed by atoms with Crippen molar-refractivity contribution < 1.29 is 4.79 Å². The van der Waals surface area contributed by atoms with Crippen LogP contribution in [-0.2, 0) is 11.3 Å². The van der Waals surface area contributed by atoms with Crippen LogP contribution in [0.4, 0.5) is 0 Å². The Kier molecular flexibility index (Phi) is 7.43. The lowest BCUT2D eigenvalue weighted by molar-refractivity contribution is -0.119. The van der Waals surface area contributed by atoms with Crippen molar-refractivity contribution >= 4 is 17.7 Å². The number of hydrogen-bond donors (Lipinski definition) is 1. The topological polar surface area (TPSA) is 72.7 Å². The maximum absolute atomic E-state index is 12.2. The zero-order valence-electron chi connectivity index (χ0n) is 15.4. The zero-order chi connectivity index (χ0) is 18.2. The molecule has 0 spiro atoms. The fraction of sp³-hybridized carbons (Fsp3) is 0.556. The number of rotatable bonds is 9. The molecule has 25 heavy (non-hydrogen) atoms. The Hall–Kier alpha value is -1.89. The van der Waals surface area contributed by atoms with Crippen molar-refractivity contribution in [3.63, 3.8) is 0 Å². The molecule has 1 amide bonds. The van der Waals surface area contributed by atoms with Crippen molar-refractivity contribution in [1.29, 1.82) is 0 Å². The summed E-state index contributed by atoms with van der Waals surface area (Å²) in [5, 5.41) is 12.3. The summed E-state index contributed by atoms with van der Waals surface area (Å²) >= 11 is 1.42. The van der Waals surface area contributed by atoms with Crippen LogP contribution < -0.4 is 5.32 Å². The number of nitrogens with one attached hydrogen (secondary N) is 1. The van der Waals surface area contributed by atoms with Gasteiger partial charge in [-0.2, -0.15) is 0 Å². The third-order valence-electron chi connectivity index (χ3n) is 3.89. The first-order chi connectivity index (χ1) is 12.0. The van der Waals surface area contributed by atoms with Crippen molar-refractivity contribution in [3.05, 3.63) is 24.5 Å². The van der Waals surface area contributed by atoms with E-state index in [2.05, 4.69) is 41.3 Å². The average Bonchev–Trinajstić information content (AvgIpc) is 3.02. The van der Waals surface area contributed by atoms with Gasteiger partial charge in [0, 0.05) is 30.5 Å². The van der Waals surface area contributed by atoms with Gasteiger partial charge in [0.15, 0.2) is 11.0 Å². The smallest absolute Gasteiger partial charge is 0.230 e. The predicted octanol–water partition coefficient (Wildman–Crippen LogP) is 3.39. The van der Waals surface area contributed by atoms with E-state index in [0.29, 0.717) is 11.7 Å². The van der Waals surface area contributed by atoms with E-state index < -0.39 is 0 Å². The van der Waals surface area contributed by atoms with Gasteiger partial charge in [0.05, 0.1) is 5.75 Å². The highest BCUT2D eigenvalue weighted by atomic mass is 32.2. The molecule has 136 valence electrons. The van der Waals surface area contributed by atoms with Gasteiger partial charge in [-0.1, -0.05) is 25.6 Å². The molecule has 1 N–H and O–H groups in total. The lowest BCUT2D eigenvalue weighted by Gasteiger charge is -2.15. The zero-order valence-corrected chi connectivity index (χ0v) is 16.2. The van der Waals surface area contributed by atoms with E-state index in [4.69, 9.17) is 0 Å². The first-order valence-electron chi connectivity index (χ1n) is 8.77. The molecule has 6 nitrogen and oxygen atoms in total.